The smallest absolute Gasteiger partial charge is 0.173 e. The van der Waals surface area contributed by atoms with Gasteiger partial charge in [0.15, 0.2) is 5.11 Å². The Morgan fingerprint density at radius 3 is 2.38 bits per heavy atom. The number of hydrogen-bond acceptors (Lipinski definition) is 2. The highest BCUT2D eigenvalue weighted by Crippen LogP contribution is 2.22. The summed E-state index contributed by atoms with van der Waals surface area (Å²) < 4.78 is 27.1. The summed E-state index contributed by atoms with van der Waals surface area (Å²) in [5.41, 5.74) is 1.16. The predicted octanol–water partition coefficient (Wildman–Crippen LogP) is 4.79. The van der Waals surface area contributed by atoms with Gasteiger partial charge in [0.05, 0.1) is 5.02 Å². The standard InChI is InChI=1S/C18H17Cl2F2N3S/c19-14-2-1-3-16(21)13(14)11-24-6-8-25(9-7-24)18(26)23-12-4-5-17(22)15(20)10-12/h1-5,10H,6-9,11H2,(H,23,26). The van der Waals surface area contributed by atoms with Gasteiger partial charge in [-0.2, -0.15) is 0 Å². The van der Waals surface area contributed by atoms with E-state index in [4.69, 9.17) is 35.4 Å². The van der Waals surface area contributed by atoms with Gasteiger partial charge in [-0.3, -0.25) is 4.90 Å². The van der Waals surface area contributed by atoms with E-state index in [1.807, 2.05) is 4.90 Å². The Bertz CT molecular complexity index is 791. The van der Waals surface area contributed by atoms with Crippen LogP contribution in [0.3, 0.4) is 0 Å². The molecule has 1 fully saturated rings. The van der Waals surface area contributed by atoms with Crippen LogP contribution in [0.2, 0.25) is 10.0 Å². The van der Waals surface area contributed by atoms with E-state index in [2.05, 4.69) is 10.2 Å². The molecule has 8 heteroatoms. The monoisotopic (exact) mass is 415 g/mol. The van der Waals surface area contributed by atoms with Crippen LogP contribution in [0.1, 0.15) is 5.56 Å². The third kappa shape index (κ3) is 4.62. The molecular formula is C18H17Cl2F2N3S. The molecule has 0 atom stereocenters. The number of nitrogens with zero attached hydrogens (tertiary/aromatic N) is 2. The van der Waals surface area contributed by atoms with Crippen molar-refractivity contribution in [3.05, 3.63) is 63.6 Å². The second-order valence-electron chi connectivity index (χ2n) is 6.02. The average Bonchev–Trinajstić information content (AvgIpc) is 2.62. The first-order valence-corrected chi connectivity index (χ1v) is 9.26. The van der Waals surface area contributed by atoms with Gasteiger partial charge in [0.25, 0.3) is 0 Å². The highest BCUT2D eigenvalue weighted by atomic mass is 35.5. The molecule has 0 aromatic heterocycles. The quantitative estimate of drug-likeness (QED) is 0.726. The average molecular weight is 416 g/mol. The number of hydrogen-bond donors (Lipinski definition) is 1. The molecule has 2 aromatic carbocycles. The van der Waals surface area contributed by atoms with Crippen LogP contribution in [-0.2, 0) is 6.54 Å². The summed E-state index contributed by atoms with van der Waals surface area (Å²) >= 11 is 17.3. The first-order valence-electron chi connectivity index (χ1n) is 8.10. The molecule has 26 heavy (non-hydrogen) atoms. The van der Waals surface area contributed by atoms with Gasteiger partial charge < -0.3 is 10.2 Å². The van der Waals surface area contributed by atoms with Crippen molar-refractivity contribution in [1.82, 2.24) is 9.80 Å². The largest absolute Gasteiger partial charge is 0.346 e. The Balaban J connectivity index is 1.54. The van der Waals surface area contributed by atoms with Gasteiger partial charge in [0.2, 0.25) is 0 Å². The van der Waals surface area contributed by atoms with Crippen molar-refractivity contribution in [1.29, 1.82) is 0 Å². The van der Waals surface area contributed by atoms with Crippen molar-refractivity contribution in [2.75, 3.05) is 31.5 Å². The van der Waals surface area contributed by atoms with Crippen molar-refractivity contribution in [2.45, 2.75) is 6.54 Å². The minimum absolute atomic E-state index is 0.0457. The molecule has 0 saturated carbocycles. The van der Waals surface area contributed by atoms with E-state index in [9.17, 15) is 8.78 Å². The fraction of sp³-hybridized carbons (Fsp3) is 0.278. The zero-order valence-corrected chi connectivity index (χ0v) is 16.1. The van der Waals surface area contributed by atoms with Gasteiger partial charge in [-0.25, -0.2) is 8.78 Å². The maximum Gasteiger partial charge on any atom is 0.173 e. The second-order valence-corrected chi connectivity index (χ2v) is 7.22. The van der Waals surface area contributed by atoms with Crippen molar-refractivity contribution < 1.29 is 8.78 Å². The van der Waals surface area contributed by atoms with Crippen LogP contribution in [0.25, 0.3) is 0 Å². The molecule has 3 rings (SSSR count). The summed E-state index contributed by atoms with van der Waals surface area (Å²) in [6.07, 6.45) is 0. The summed E-state index contributed by atoms with van der Waals surface area (Å²) in [5.74, 6) is -0.756. The maximum atomic E-state index is 13.9. The molecule has 3 nitrogen and oxygen atoms in total. The van der Waals surface area contributed by atoms with Gasteiger partial charge in [-0.05, 0) is 42.5 Å². The molecule has 2 aromatic rings. The van der Waals surface area contributed by atoms with Gasteiger partial charge in [-0.1, -0.05) is 29.3 Å². The molecule has 0 amide bonds. The van der Waals surface area contributed by atoms with E-state index in [1.165, 1.54) is 18.2 Å². The summed E-state index contributed by atoms with van der Waals surface area (Å²) in [6, 6.07) is 9.10. The number of rotatable bonds is 3. The number of halogens is 4. The molecule has 0 radical (unpaired) electrons. The van der Waals surface area contributed by atoms with Crippen molar-refractivity contribution >= 4 is 46.2 Å². The maximum absolute atomic E-state index is 13.9. The lowest BCUT2D eigenvalue weighted by atomic mass is 10.2. The summed E-state index contributed by atoms with van der Waals surface area (Å²) in [4.78, 5) is 4.16. The molecular weight excluding hydrogens is 399 g/mol. The molecule has 0 unspecified atom stereocenters. The number of anilines is 1. The molecule has 1 aliphatic heterocycles. The molecule has 0 aliphatic carbocycles. The fourth-order valence-electron chi connectivity index (χ4n) is 2.79. The van der Waals surface area contributed by atoms with Crippen LogP contribution in [0.15, 0.2) is 36.4 Å². The molecule has 0 bridgehead atoms. The Morgan fingerprint density at radius 1 is 1.00 bits per heavy atom. The van der Waals surface area contributed by atoms with Crippen molar-refractivity contribution in [3.63, 3.8) is 0 Å². The first-order chi connectivity index (χ1) is 12.4. The molecule has 138 valence electrons. The minimum atomic E-state index is -0.469. The minimum Gasteiger partial charge on any atom is -0.346 e. The summed E-state index contributed by atoms with van der Waals surface area (Å²) in [7, 11) is 0. The van der Waals surface area contributed by atoms with E-state index >= 15 is 0 Å². The topological polar surface area (TPSA) is 18.5 Å². The lowest BCUT2D eigenvalue weighted by Gasteiger charge is -2.36. The predicted molar refractivity (Wildman–Crippen MR) is 106 cm³/mol. The van der Waals surface area contributed by atoms with Crippen LogP contribution in [0, 0.1) is 11.6 Å². The van der Waals surface area contributed by atoms with Crippen LogP contribution < -0.4 is 5.32 Å². The molecule has 0 spiro atoms. The Kier molecular flexibility index (Phi) is 6.29. The van der Waals surface area contributed by atoms with Crippen molar-refractivity contribution in [3.8, 4) is 0 Å². The van der Waals surface area contributed by atoms with E-state index in [0.29, 0.717) is 41.0 Å². The highest BCUT2D eigenvalue weighted by molar-refractivity contribution is 7.80. The normalized spacial score (nSPS) is 15.2. The molecule has 1 aliphatic rings. The highest BCUT2D eigenvalue weighted by Gasteiger charge is 2.21. The fourth-order valence-corrected chi connectivity index (χ4v) is 3.50. The van der Waals surface area contributed by atoms with Gasteiger partial charge in [0.1, 0.15) is 11.6 Å². The number of benzene rings is 2. The lowest BCUT2D eigenvalue weighted by molar-refractivity contribution is 0.175. The molecule has 1 heterocycles. The Hall–Kier alpha value is -1.47. The lowest BCUT2D eigenvalue weighted by Crippen LogP contribution is -2.49. The van der Waals surface area contributed by atoms with Crippen LogP contribution >= 0.6 is 35.4 Å². The first kappa shape index (κ1) is 19.3. The SMILES string of the molecule is Fc1ccc(NC(=S)N2CCN(Cc3c(F)cccc3Cl)CC2)cc1Cl. The summed E-state index contributed by atoms with van der Waals surface area (Å²) in [6.45, 7) is 3.33. The zero-order valence-electron chi connectivity index (χ0n) is 13.8. The van der Waals surface area contributed by atoms with E-state index in [0.717, 1.165) is 13.1 Å². The van der Waals surface area contributed by atoms with Crippen molar-refractivity contribution in [2.24, 2.45) is 0 Å². The van der Waals surface area contributed by atoms with Crippen LogP contribution in [0.5, 0.6) is 0 Å². The number of piperazine rings is 1. The van der Waals surface area contributed by atoms with E-state index in [1.54, 1.807) is 18.2 Å². The number of nitrogens with one attached hydrogen (secondary N) is 1. The van der Waals surface area contributed by atoms with Gasteiger partial charge >= 0.3 is 0 Å². The Labute approximate surface area is 166 Å². The third-order valence-corrected chi connectivity index (χ3v) is 5.28. The third-order valence-electron chi connectivity index (χ3n) is 4.27. The van der Waals surface area contributed by atoms with E-state index in [-0.39, 0.29) is 10.8 Å². The second kappa shape index (κ2) is 8.48. The molecule has 1 N–H and O–H groups in total. The summed E-state index contributed by atoms with van der Waals surface area (Å²) in [5, 5.41) is 4.11. The van der Waals surface area contributed by atoms with E-state index < -0.39 is 5.82 Å². The Morgan fingerprint density at radius 2 is 1.73 bits per heavy atom. The van der Waals surface area contributed by atoms with Crippen LogP contribution in [-0.4, -0.2) is 41.1 Å². The van der Waals surface area contributed by atoms with Gasteiger partial charge in [-0.15, -0.1) is 0 Å². The van der Waals surface area contributed by atoms with Crippen LogP contribution in [0.4, 0.5) is 14.5 Å². The van der Waals surface area contributed by atoms with Gasteiger partial charge in [0, 0.05) is 49.0 Å². The zero-order chi connectivity index (χ0) is 18.7. The molecule has 1 saturated heterocycles. The number of thiocarbonyl (C=S) groups is 1.